The molecule has 48 heavy (non-hydrogen) atoms. The Morgan fingerprint density at radius 1 is 0.562 bits per heavy atom. The fraction of sp³-hybridized carbons (Fsp3) is 0.316. The van der Waals surface area contributed by atoms with Crippen LogP contribution < -0.4 is 18.9 Å². The van der Waals surface area contributed by atoms with E-state index in [4.69, 9.17) is 23.7 Å². The van der Waals surface area contributed by atoms with E-state index in [9.17, 15) is 19.2 Å². The Balaban J connectivity index is 1.35. The topological polar surface area (TPSA) is 124 Å². The lowest BCUT2D eigenvalue weighted by Crippen LogP contribution is -2.11. The van der Waals surface area contributed by atoms with Crippen molar-refractivity contribution in [3.63, 3.8) is 0 Å². The van der Waals surface area contributed by atoms with Crippen LogP contribution in [0.4, 0.5) is 0 Å². The summed E-state index contributed by atoms with van der Waals surface area (Å²) in [6.07, 6.45) is 9.57. The van der Waals surface area contributed by atoms with Gasteiger partial charge < -0.3 is 28.4 Å². The van der Waals surface area contributed by atoms with Crippen molar-refractivity contribution in [2.75, 3.05) is 19.8 Å². The maximum atomic E-state index is 12.8. The number of ether oxygens (including phenoxy) is 6. The van der Waals surface area contributed by atoms with Crippen molar-refractivity contribution in [2.24, 2.45) is 0 Å². The first kappa shape index (κ1) is 37.1. The minimum Gasteiger partial charge on any atom is -0.494 e. The largest absolute Gasteiger partial charge is 0.494 e. The second-order valence-electron chi connectivity index (χ2n) is 10.6. The van der Waals surface area contributed by atoms with Gasteiger partial charge in [-0.05, 0) is 105 Å². The second-order valence-corrected chi connectivity index (χ2v) is 10.6. The van der Waals surface area contributed by atoms with E-state index < -0.39 is 17.9 Å². The average Bonchev–Trinajstić information content (AvgIpc) is 3.10. The Morgan fingerprint density at radius 3 is 1.73 bits per heavy atom. The number of benzene rings is 3. The van der Waals surface area contributed by atoms with Crippen molar-refractivity contribution < 1.29 is 47.6 Å². The van der Waals surface area contributed by atoms with Crippen molar-refractivity contribution in [3.05, 3.63) is 109 Å². The van der Waals surface area contributed by atoms with E-state index in [-0.39, 0.29) is 17.3 Å². The maximum Gasteiger partial charge on any atom is 0.343 e. The van der Waals surface area contributed by atoms with Crippen LogP contribution >= 0.6 is 0 Å². The van der Waals surface area contributed by atoms with Crippen LogP contribution in [0.2, 0.25) is 0 Å². The molecule has 3 aromatic rings. The molecular formula is C38H42O10. The van der Waals surface area contributed by atoms with Crippen molar-refractivity contribution in [2.45, 2.75) is 57.8 Å². The number of hydrogen-bond donors (Lipinski definition) is 0. The van der Waals surface area contributed by atoms with E-state index in [0.29, 0.717) is 49.1 Å². The van der Waals surface area contributed by atoms with Gasteiger partial charge in [0.25, 0.3) is 0 Å². The quantitative estimate of drug-likeness (QED) is 0.0347. The first-order valence-electron chi connectivity index (χ1n) is 16.0. The van der Waals surface area contributed by atoms with E-state index in [2.05, 4.69) is 17.9 Å². The van der Waals surface area contributed by atoms with Crippen LogP contribution in [0.15, 0.2) is 98.3 Å². The summed E-state index contributed by atoms with van der Waals surface area (Å²) in [4.78, 5) is 47.8. The van der Waals surface area contributed by atoms with Crippen molar-refractivity contribution >= 4 is 23.9 Å². The molecule has 0 unspecified atom stereocenters. The fourth-order valence-electron chi connectivity index (χ4n) is 4.36. The molecule has 0 radical (unpaired) electrons. The van der Waals surface area contributed by atoms with Gasteiger partial charge in [0.05, 0.1) is 37.2 Å². The molecule has 0 aliphatic heterocycles. The molecular weight excluding hydrogens is 616 g/mol. The summed E-state index contributed by atoms with van der Waals surface area (Å²) >= 11 is 0. The molecule has 0 bridgehead atoms. The zero-order valence-electron chi connectivity index (χ0n) is 27.1. The zero-order valence-corrected chi connectivity index (χ0v) is 27.1. The van der Waals surface area contributed by atoms with Crippen molar-refractivity contribution in [1.29, 1.82) is 0 Å². The number of esters is 4. The van der Waals surface area contributed by atoms with Gasteiger partial charge in [0.2, 0.25) is 0 Å². The van der Waals surface area contributed by atoms with Crippen LogP contribution in [0.5, 0.6) is 23.0 Å². The number of hydrogen-bond acceptors (Lipinski definition) is 10. The SMILES string of the molecule is C=COC(=O)CCCCCCOc1ccc(OC(=O)c2cccc(OC(=O)c3ccc(OCCCCCCOC(=O)C=C)cc3)c2)cc1. The second kappa shape index (κ2) is 21.4. The van der Waals surface area contributed by atoms with Gasteiger partial charge in [0.1, 0.15) is 23.0 Å². The monoisotopic (exact) mass is 658 g/mol. The Bertz CT molecular complexity index is 1480. The van der Waals surface area contributed by atoms with E-state index in [1.807, 2.05) is 0 Å². The van der Waals surface area contributed by atoms with Gasteiger partial charge in [0.15, 0.2) is 0 Å². The lowest BCUT2D eigenvalue weighted by Gasteiger charge is -2.09. The van der Waals surface area contributed by atoms with Gasteiger partial charge >= 0.3 is 23.9 Å². The summed E-state index contributed by atoms with van der Waals surface area (Å²) in [6.45, 7) is 8.15. The molecule has 0 aliphatic rings. The van der Waals surface area contributed by atoms with Gasteiger partial charge in [-0.1, -0.05) is 32.1 Å². The van der Waals surface area contributed by atoms with Gasteiger partial charge in [0, 0.05) is 12.5 Å². The summed E-state index contributed by atoms with van der Waals surface area (Å²) in [6, 6.07) is 19.6. The number of carbonyl (C=O) groups excluding carboxylic acids is 4. The molecule has 254 valence electrons. The molecule has 0 N–H and O–H groups in total. The van der Waals surface area contributed by atoms with E-state index in [0.717, 1.165) is 63.7 Å². The van der Waals surface area contributed by atoms with Gasteiger partial charge in [-0.3, -0.25) is 4.79 Å². The van der Waals surface area contributed by atoms with Crippen LogP contribution in [0.3, 0.4) is 0 Å². The zero-order chi connectivity index (χ0) is 34.4. The third kappa shape index (κ3) is 14.4. The molecule has 0 heterocycles. The van der Waals surface area contributed by atoms with E-state index >= 15 is 0 Å². The highest BCUT2D eigenvalue weighted by Crippen LogP contribution is 2.22. The van der Waals surface area contributed by atoms with Gasteiger partial charge in [-0.25, -0.2) is 14.4 Å². The van der Waals surface area contributed by atoms with Gasteiger partial charge in [-0.15, -0.1) is 0 Å². The molecule has 0 spiro atoms. The van der Waals surface area contributed by atoms with Gasteiger partial charge in [-0.2, -0.15) is 0 Å². The first-order chi connectivity index (χ1) is 23.4. The minimum atomic E-state index is -0.601. The summed E-state index contributed by atoms with van der Waals surface area (Å²) in [5, 5.41) is 0. The van der Waals surface area contributed by atoms with Crippen LogP contribution in [-0.4, -0.2) is 43.7 Å². The molecule has 0 aromatic heterocycles. The Kier molecular flexibility index (Phi) is 16.5. The first-order valence-corrected chi connectivity index (χ1v) is 16.0. The predicted molar refractivity (Wildman–Crippen MR) is 179 cm³/mol. The van der Waals surface area contributed by atoms with Crippen LogP contribution in [-0.2, 0) is 19.1 Å². The summed E-state index contributed by atoms with van der Waals surface area (Å²) < 4.78 is 32.1. The van der Waals surface area contributed by atoms with E-state index in [1.165, 1.54) is 6.07 Å². The normalized spacial score (nSPS) is 10.3. The molecule has 0 aliphatic carbocycles. The van der Waals surface area contributed by atoms with Crippen molar-refractivity contribution in [1.82, 2.24) is 0 Å². The number of carbonyl (C=O) groups is 4. The molecule has 0 saturated heterocycles. The number of rotatable bonds is 22. The molecule has 10 nitrogen and oxygen atoms in total. The highest BCUT2D eigenvalue weighted by Gasteiger charge is 2.13. The maximum absolute atomic E-state index is 12.8. The third-order valence-electron chi connectivity index (χ3n) is 6.88. The van der Waals surface area contributed by atoms with Crippen LogP contribution in [0.1, 0.15) is 78.5 Å². The number of unbranched alkanes of at least 4 members (excludes halogenated alkanes) is 6. The van der Waals surface area contributed by atoms with Crippen LogP contribution in [0, 0.1) is 0 Å². The Morgan fingerprint density at radius 2 is 1.10 bits per heavy atom. The molecule has 0 amide bonds. The fourth-order valence-corrected chi connectivity index (χ4v) is 4.36. The Hall–Kier alpha value is -5.38. The van der Waals surface area contributed by atoms with E-state index in [1.54, 1.807) is 66.7 Å². The predicted octanol–water partition coefficient (Wildman–Crippen LogP) is 7.81. The molecule has 10 heteroatoms. The molecule has 0 fully saturated rings. The lowest BCUT2D eigenvalue weighted by molar-refractivity contribution is -0.138. The third-order valence-corrected chi connectivity index (χ3v) is 6.88. The minimum absolute atomic E-state index is 0.203. The molecule has 3 aromatic carbocycles. The summed E-state index contributed by atoms with van der Waals surface area (Å²) in [5.41, 5.74) is 0.553. The summed E-state index contributed by atoms with van der Waals surface area (Å²) in [5.74, 6) is -0.0318. The molecule has 0 atom stereocenters. The average molecular weight is 659 g/mol. The highest BCUT2D eigenvalue weighted by atomic mass is 16.5. The summed E-state index contributed by atoms with van der Waals surface area (Å²) in [7, 11) is 0. The Labute approximate surface area is 281 Å². The lowest BCUT2D eigenvalue weighted by atomic mass is 10.1. The van der Waals surface area contributed by atoms with Crippen molar-refractivity contribution in [3.8, 4) is 23.0 Å². The highest BCUT2D eigenvalue weighted by molar-refractivity contribution is 5.93. The standard InChI is InChI=1S/C38H42O10/c1-3-35(39)46-27-12-8-7-11-26-44-31-19-17-29(18-20-31)37(41)48-34-15-13-14-30(28-34)38(42)47-33-23-21-32(22-24-33)45-25-10-6-5-9-16-36(40)43-4-2/h3-4,13-15,17-24,28H,1-2,5-12,16,25-27H2. The van der Waals surface area contributed by atoms with Crippen LogP contribution in [0.25, 0.3) is 0 Å². The molecule has 0 saturated carbocycles. The molecule has 3 rings (SSSR count). The smallest absolute Gasteiger partial charge is 0.343 e.